The fourth-order valence-corrected chi connectivity index (χ4v) is 3.65. The van der Waals surface area contributed by atoms with Gasteiger partial charge in [-0.25, -0.2) is 0 Å². The van der Waals surface area contributed by atoms with Gasteiger partial charge in [-0.1, -0.05) is 109 Å². The van der Waals surface area contributed by atoms with Crippen molar-refractivity contribution in [3.8, 4) is 22.3 Å². The quantitative estimate of drug-likeness (QED) is 0.297. The summed E-state index contributed by atoms with van der Waals surface area (Å²) in [7, 11) is 0. The van der Waals surface area contributed by atoms with E-state index in [-0.39, 0.29) is 0 Å². The summed E-state index contributed by atoms with van der Waals surface area (Å²) in [5, 5.41) is 0. The Balaban J connectivity index is 1.25. The normalized spacial score (nSPS) is 10.7. The maximum atomic E-state index is 2.27. The zero-order valence-electron chi connectivity index (χ0n) is 16.2. The number of hydrogen-bond donors (Lipinski definition) is 0. The highest BCUT2D eigenvalue weighted by Gasteiger charge is 2.00. The van der Waals surface area contributed by atoms with E-state index >= 15 is 0 Å². The smallest absolute Gasteiger partial charge is 0.0184 e. The standard InChI is InChI=1S/C28H26/c1-3-11-25(12-4-1)27-19-15-23(16-20-27)9-7-8-10-24-17-21-28(22-18-24)26-13-5-2-6-14-26/h1-6,11-22H,7-10H2. The van der Waals surface area contributed by atoms with Gasteiger partial charge in [0, 0.05) is 0 Å². The molecule has 0 heterocycles. The first-order valence-electron chi connectivity index (χ1n) is 10.2. The topological polar surface area (TPSA) is 0 Å². The van der Waals surface area contributed by atoms with Gasteiger partial charge in [-0.3, -0.25) is 0 Å². The number of benzene rings is 4. The molecule has 28 heavy (non-hydrogen) atoms. The van der Waals surface area contributed by atoms with Gasteiger partial charge in [-0.15, -0.1) is 0 Å². The second kappa shape index (κ2) is 9.19. The molecule has 0 bridgehead atoms. The monoisotopic (exact) mass is 362 g/mol. The Labute approximate surface area is 168 Å². The molecule has 4 rings (SSSR count). The Kier molecular flexibility index (Phi) is 5.99. The van der Waals surface area contributed by atoms with E-state index in [1.54, 1.807) is 0 Å². The molecule has 4 aromatic carbocycles. The summed E-state index contributed by atoms with van der Waals surface area (Å²) >= 11 is 0. The average molecular weight is 363 g/mol. The molecular formula is C28H26. The van der Waals surface area contributed by atoms with Gasteiger partial charge in [0.05, 0.1) is 0 Å². The lowest BCUT2D eigenvalue weighted by molar-refractivity contribution is 0.734. The average Bonchev–Trinajstić information content (AvgIpc) is 2.79. The van der Waals surface area contributed by atoms with Crippen molar-refractivity contribution >= 4 is 0 Å². The van der Waals surface area contributed by atoms with Crippen molar-refractivity contribution in [1.29, 1.82) is 0 Å². The van der Waals surface area contributed by atoms with E-state index in [1.807, 2.05) is 0 Å². The van der Waals surface area contributed by atoms with E-state index < -0.39 is 0 Å². The molecule has 0 atom stereocenters. The van der Waals surface area contributed by atoms with E-state index in [0.29, 0.717) is 0 Å². The van der Waals surface area contributed by atoms with Gasteiger partial charge in [-0.2, -0.15) is 0 Å². The molecule has 0 saturated carbocycles. The maximum absolute atomic E-state index is 2.27. The Hall–Kier alpha value is -3.12. The maximum Gasteiger partial charge on any atom is -0.0184 e. The third-order valence-corrected chi connectivity index (χ3v) is 5.30. The molecule has 0 aliphatic carbocycles. The van der Waals surface area contributed by atoms with Crippen LogP contribution in [0, 0.1) is 0 Å². The second-order valence-electron chi connectivity index (χ2n) is 7.33. The second-order valence-corrected chi connectivity index (χ2v) is 7.33. The van der Waals surface area contributed by atoms with Crippen LogP contribution >= 0.6 is 0 Å². The molecule has 0 radical (unpaired) electrons. The van der Waals surface area contributed by atoms with Gasteiger partial charge in [0.2, 0.25) is 0 Å². The third-order valence-electron chi connectivity index (χ3n) is 5.30. The van der Waals surface area contributed by atoms with E-state index in [9.17, 15) is 0 Å². The Morgan fingerprint density at radius 2 is 0.643 bits per heavy atom. The molecule has 0 aromatic heterocycles. The van der Waals surface area contributed by atoms with Crippen molar-refractivity contribution in [2.24, 2.45) is 0 Å². The van der Waals surface area contributed by atoms with Crippen molar-refractivity contribution in [3.63, 3.8) is 0 Å². The van der Waals surface area contributed by atoms with Crippen molar-refractivity contribution in [3.05, 3.63) is 120 Å². The minimum absolute atomic E-state index is 1.15. The summed E-state index contributed by atoms with van der Waals surface area (Å²) in [6.45, 7) is 0. The highest BCUT2D eigenvalue weighted by atomic mass is 14.1. The largest absolute Gasteiger partial charge is 0.0622 e. The molecule has 0 N–H and O–H groups in total. The summed E-state index contributed by atoms with van der Waals surface area (Å²) in [6.07, 6.45) is 4.75. The highest BCUT2D eigenvalue weighted by molar-refractivity contribution is 5.64. The number of aryl methyl sites for hydroxylation is 2. The molecule has 0 saturated heterocycles. The predicted molar refractivity (Wildman–Crippen MR) is 120 cm³/mol. The van der Waals surface area contributed by atoms with Crippen LogP contribution in [0.1, 0.15) is 24.0 Å². The molecule has 0 heteroatoms. The fraction of sp³-hybridized carbons (Fsp3) is 0.143. The van der Waals surface area contributed by atoms with Gasteiger partial charge in [0.15, 0.2) is 0 Å². The molecule has 0 nitrogen and oxygen atoms in total. The number of hydrogen-bond acceptors (Lipinski definition) is 0. The summed E-state index contributed by atoms with van der Waals surface area (Å²) in [4.78, 5) is 0. The molecule has 4 aromatic rings. The summed E-state index contributed by atoms with van der Waals surface area (Å²) in [5.41, 5.74) is 8.02. The Morgan fingerprint density at radius 1 is 0.321 bits per heavy atom. The van der Waals surface area contributed by atoms with Gasteiger partial charge in [0.25, 0.3) is 0 Å². The van der Waals surface area contributed by atoms with Crippen LogP contribution in [0.25, 0.3) is 22.3 Å². The van der Waals surface area contributed by atoms with Crippen LogP contribution in [0.2, 0.25) is 0 Å². The van der Waals surface area contributed by atoms with Gasteiger partial charge in [0.1, 0.15) is 0 Å². The zero-order chi connectivity index (χ0) is 19.0. The SMILES string of the molecule is c1ccc(-c2ccc(CCCCc3ccc(-c4ccccc4)cc3)cc2)cc1. The Morgan fingerprint density at radius 3 is 1.00 bits per heavy atom. The predicted octanol–water partition coefficient (Wildman–Crippen LogP) is 7.59. The molecule has 0 spiro atoms. The molecular weight excluding hydrogens is 336 g/mol. The van der Waals surface area contributed by atoms with Crippen LogP contribution in [0.4, 0.5) is 0 Å². The summed E-state index contributed by atoms with van der Waals surface area (Å²) in [5.74, 6) is 0. The lowest BCUT2D eigenvalue weighted by Crippen LogP contribution is -1.90. The van der Waals surface area contributed by atoms with Crippen molar-refractivity contribution in [1.82, 2.24) is 0 Å². The van der Waals surface area contributed by atoms with Crippen molar-refractivity contribution in [2.45, 2.75) is 25.7 Å². The van der Waals surface area contributed by atoms with Crippen LogP contribution in [0.15, 0.2) is 109 Å². The first kappa shape index (κ1) is 18.3. The lowest BCUT2D eigenvalue weighted by Gasteiger charge is -2.06. The highest BCUT2D eigenvalue weighted by Crippen LogP contribution is 2.21. The molecule has 0 aliphatic heterocycles. The van der Waals surface area contributed by atoms with E-state index in [0.717, 1.165) is 12.8 Å². The van der Waals surface area contributed by atoms with Crippen LogP contribution in [0.3, 0.4) is 0 Å². The summed E-state index contributed by atoms with van der Waals surface area (Å²) in [6, 6.07) is 39.2. The molecule has 138 valence electrons. The van der Waals surface area contributed by atoms with Gasteiger partial charge < -0.3 is 0 Å². The van der Waals surface area contributed by atoms with Crippen LogP contribution < -0.4 is 0 Å². The Bertz CT molecular complexity index is 881. The number of unbranched alkanes of at least 4 members (excludes halogenated alkanes) is 1. The van der Waals surface area contributed by atoms with E-state index in [2.05, 4.69) is 109 Å². The molecule has 0 unspecified atom stereocenters. The lowest BCUT2D eigenvalue weighted by atomic mass is 9.99. The van der Waals surface area contributed by atoms with Crippen LogP contribution in [-0.4, -0.2) is 0 Å². The third kappa shape index (κ3) is 4.78. The summed E-state index contributed by atoms with van der Waals surface area (Å²) < 4.78 is 0. The first-order valence-corrected chi connectivity index (χ1v) is 10.2. The van der Waals surface area contributed by atoms with Gasteiger partial charge >= 0.3 is 0 Å². The first-order chi connectivity index (χ1) is 13.9. The van der Waals surface area contributed by atoms with Crippen molar-refractivity contribution in [2.75, 3.05) is 0 Å². The molecule has 0 fully saturated rings. The zero-order valence-corrected chi connectivity index (χ0v) is 16.2. The van der Waals surface area contributed by atoms with E-state index in [1.165, 1.54) is 46.2 Å². The minimum atomic E-state index is 1.15. The van der Waals surface area contributed by atoms with Crippen molar-refractivity contribution < 1.29 is 0 Å². The molecule has 0 aliphatic rings. The van der Waals surface area contributed by atoms with Crippen LogP contribution in [-0.2, 0) is 12.8 Å². The fourth-order valence-electron chi connectivity index (χ4n) is 3.65. The molecule has 0 amide bonds. The van der Waals surface area contributed by atoms with Crippen LogP contribution in [0.5, 0.6) is 0 Å². The van der Waals surface area contributed by atoms with E-state index in [4.69, 9.17) is 0 Å². The minimum Gasteiger partial charge on any atom is -0.0622 e. The number of rotatable bonds is 7. The van der Waals surface area contributed by atoms with Gasteiger partial charge in [-0.05, 0) is 59.1 Å².